The fraction of sp³-hybridized carbons (Fsp3) is 0.522. The summed E-state index contributed by atoms with van der Waals surface area (Å²) in [7, 11) is 0. The molecule has 1 aliphatic carbocycles. The highest BCUT2D eigenvalue weighted by Crippen LogP contribution is 2.37. The minimum absolute atomic E-state index is 0.00745. The Bertz CT molecular complexity index is 799. The van der Waals surface area contributed by atoms with E-state index < -0.39 is 12.3 Å². The molecule has 1 saturated heterocycles. The van der Waals surface area contributed by atoms with E-state index >= 15 is 0 Å². The van der Waals surface area contributed by atoms with Gasteiger partial charge in [-0.05, 0) is 60.9 Å². The van der Waals surface area contributed by atoms with Crippen LogP contribution in [0.15, 0.2) is 48.3 Å². The van der Waals surface area contributed by atoms with Gasteiger partial charge in [0.1, 0.15) is 5.76 Å². The summed E-state index contributed by atoms with van der Waals surface area (Å²) >= 11 is 0. The highest BCUT2D eigenvalue weighted by molar-refractivity contribution is 5.67. The van der Waals surface area contributed by atoms with Crippen LogP contribution in [0.3, 0.4) is 0 Å². The first-order valence-corrected chi connectivity index (χ1v) is 10.3. The first-order valence-electron chi connectivity index (χ1n) is 10.3. The Morgan fingerprint density at radius 1 is 1.27 bits per heavy atom. The number of benzene rings is 1. The lowest BCUT2D eigenvalue weighted by Crippen LogP contribution is -2.47. The van der Waals surface area contributed by atoms with Crippen molar-refractivity contribution in [1.29, 1.82) is 0 Å². The summed E-state index contributed by atoms with van der Waals surface area (Å²) in [6.07, 6.45) is 1.93. The van der Waals surface area contributed by atoms with Gasteiger partial charge in [0, 0.05) is 30.6 Å². The van der Waals surface area contributed by atoms with E-state index in [1.807, 2.05) is 0 Å². The number of ether oxygens (including phenoxy) is 1. The van der Waals surface area contributed by atoms with Crippen LogP contribution in [0.5, 0.6) is 0 Å². The topological polar surface area (TPSA) is 49.8 Å². The number of halogens is 3. The molecular formula is C23H28F3NO3. The van der Waals surface area contributed by atoms with Crippen LogP contribution in [-0.4, -0.2) is 30.0 Å². The molecule has 7 heteroatoms. The molecule has 0 bridgehead atoms. The molecule has 1 N–H and O–H groups in total. The Hall–Kier alpha value is -2.44. The highest BCUT2D eigenvalue weighted by atomic mass is 19.4. The molecule has 0 radical (unpaired) electrons. The van der Waals surface area contributed by atoms with Crippen molar-refractivity contribution in [1.82, 2.24) is 0 Å². The Morgan fingerprint density at radius 3 is 2.50 bits per heavy atom. The van der Waals surface area contributed by atoms with E-state index in [4.69, 9.17) is 0 Å². The maximum absolute atomic E-state index is 12.5. The maximum Gasteiger partial charge on any atom is 0.573 e. The van der Waals surface area contributed by atoms with Crippen LogP contribution in [0.25, 0.3) is 0 Å². The Morgan fingerprint density at radius 2 is 1.97 bits per heavy atom. The molecule has 1 aromatic carbocycles. The van der Waals surface area contributed by atoms with Crippen molar-refractivity contribution in [2.45, 2.75) is 57.9 Å². The number of alkyl halides is 3. The van der Waals surface area contributed by atoms with Crippen molar-refractivity contribution < 1.29 is 27.8 Å². The quantitative estimate of drug-likeness (QED) is 0.622. The molecule has 4 nitrogen and oxygen atoms in total. The summed E-state index contributed by atoms with van der Waals surface area (Å²) in [5, 5.41) is 9.21. The molecule has 2 aliphatic rings. The molecule has 0 spiro atoms. The number of carbonyl (C=O) groups is 1. The zero-order valence-electron chi connectivity index (χ0n) is 17.2. The minimum Gasteiger partial charge on any atom is -0.481 e. The standard InChI is InChI=1S/C23H28F3NO3/c1-15(2)17-3-7-19(8-4-17)27-12-11-16(14-22(28)29)13-21(27)18-5-9-20(10-6-18)30-23(24,25)26/h3-5,7-10,15-16,18,21H,6,11-14H2,1-2H3,(H,28,29)/t16-,18?,21+/m0/s1. The number of rotatable bonds is 6. The molecule has 1 fully saturated rings. The molecule has 164 valence electrons. The average Bonchev–Trinajstić information content (AvgIpc) is 2.67. The normalized spacial score (nSPS) is 24.7. The van der Waals surface area contributed by atoms with Gasteiger partial charge in [0.2, 0.25) is 0 Å². The van der Waals surface area contributed by atoms with E-state index in [1.165, 1.54) is 17.7 Å². The minimum atomic E-state index is -4.70. The molecule has 0 amide bonds. The average molecular weight is 423 g/mol. The molecule has 0 aromatic heterocycles. The molecule has 3 rings (SSSR count). The van der Waals surface area contributed by atoms with Crippen molar-refractivity contribution in [2.75, 3.05) is 11.4 Å². The fourth-order valence-corrected chi connectivity index (χ4v) is 4.40. The van der Waals surface area contributed by atoms with Crippen LogP contribution in [0.4, 0.5) is 18.9 Å². The molecule has 3 atom stereocenters. The molecule has 1 aliphatic heterocycles. The van der Waals surface area contributed by atoms with E-state index in [1.54, 1.807) is 6.08 Å². The summed E-state index contributed by atoms with van der Waals surface area (Å²) in [4.78, 5) is 13.5. The molecular weight excluding hydrogens is 395 g/mol. The SMILES string of the molecule is CC(C)c1ccc(N2CC[C@H](CC(=O)O)C[C@@H]2C2C=CC(OC(F)(F)F)=CC2)cc1. The summed E-state index contributed by atoms with van der Waals surface area (Å²) in [6, 6.07) is 8.40. The van der Waals surface area contributed by atoms with Crippen molar-refractivity contribution in [3.63, 3.8) is 0 Å². The van der Waals surface area contributed by atoms with Gasteiger partial charge in [-0.15, -0.1) is 13.2 Å². The summed E-state index contributed by atoms with van der Waals surface area (Å²) in [6.45, 7) is 4.99. The van der Waals surface area contributed by atoms with E-state index in [2.05, 4.69) is 47.7 Å². The van der Waals surface area contributed by atoms with Crippen LogP contribution in [0, 0.1) is 11.8 Å². The predicted octanol–water partition coefficient (Wildman–Crippen LogP) is 5.87. The number of piperidine rings is 1. The van der Waals surface area contributed by atoms with E-state index in [-0.39, 0.29) is 30.1 Å². The van der Waals surface area contributed by atoms with Crippen LogP contribution in [0.1, 0.15) is 51.0 Å². The number of aliphatic carboxylic acids is 1. The van der Waals surface area contributed by atoms with E-state index in [0.717, 1.165) is 18.7 Å². The van der Waals surface area contributed by atoms with Gasteiger partial charge in [-0.2, -0.15) is 0 Å². The first kappa shape index (κ1) is 22.2. The number of nitrogens with zero attached hydrogens (tertiary/aromatic N) is 1. The molecule has 1 aromatic rings. The van der Waals surface area contributed by atoms with Crippen molar-refractivity contribution >= 4 is 11.7 Å². The smallest absolute Gasteiger partial charge is 0.481 e. The van der Waals surface area contributed by atoms with Gasteiger partial charge >= 0.3 is 12.3 Å². The summed E-state index contributed by atoms with van der Waals surface area (Å²) < 4.78 is 41.4. The maximum atomic E-state index is 12.5. The van der Waals surface area contributed by atoms with Crippen LogP contribution in [0.2, 0.25) is 0 Å². The van der Waals surface area contributed by atoms with Gasteiger partial charge in [-0.25, -0.2) is 0 Å². The highest BCUT2D eigenvalue weighted by Gasteiger charge is 2.36. The van der Waals surface area contributed by atoms with E-state index in [9.17, 15) is 23.1 Å². The first-order chi connectivity index (χ1) is 14.1. The van der Waals surface area contributed by atoms with Crippen LogP contribution >= 0.6 is 0 Å². The Labute approximate surface area is 175 Å². The number of hydrogen-bond acceptors (Lipinski definition) is 3. The predicted molar refractivity (Wildman–Crippen MR) is 109 cm³/mol. The monoisotopic (exact) mass is 423 g/mol. The lowest BCUT2D eigenvalue weighted by atomic mass is 9.79. The van der Waals surface area contributed by atoms with Crippen LogP contribution < -0.4 is 4.90 Å². The second kappa shape index (κ2) is 9.14. The van der Waals surface area contributed by atoms with Gasteiger partial charge in [0.15, 0.2) is 0 Å². The second-order valence-electron chi connectivity index (χ2n) is 8.41. The van der Waals surface area contributed by atoms with Gasteiger partial charge in [0.05, 0.1) is 0 Å². The molecule has 0 saturated carbocycles. The number of carboxylic acid groups (broad SMARTS) is 1. The zero-order chi connectivity index (χ0) is 21.9. The third-order valence-electron chi connectivity index (χ3n) is 5.93. The van der Waals surface area contributed by atoms with Gasteiger partial charge in [0.25, 0.3) is 0 Å². The van der Waals surface area contributed by atoms with E-state index in [0.29, 0.717) is 18.8 Å². The fourth-order valence-electron chi connectivity index (χ4n) is 4.40. The largest absolute Gasteiger partial charge is 0.573 e. The van der Waals surface area contributed by atoms with Crippen molar-refractivity contribution in [3.8, 4) is 0 Å². The summed E-state index contributed by atoms with van der Waals surface area (Å²) in [5.41, 5.74) is 2.30. The molecule has 30 heavy (non-hydrogen) atoms. The number of anilines is 1. The lowest BCUT2D eigenvalue weighted by molar-refractivity contribution is -0.303. The third-order valence-corrected chi connectivity index (χ3v) is 5.93. The van der Waals surface area contributed by atoms with Crippen molar-refractivity contribution in [3.05, 3.63) is 53.8 Å². The summed E-state index contributed by atoms with van der Waals surface area (Å²) in [5.74, 6) is -0.525. The number of allylic oxidation sites excluding steroid dienone is 2. The number of carboxylic acids is 1. The second-order valence-corrected chi connectivity index (χ2v) is 8.41. The van der Waals surface area contributed by atoms with Gasteiger partial charge in [-0.1, -0.05) is 32.1 Å². The Kier molecular flexibility index (Phi) is 6.78. The number of hydrogen-bond donors (Lipinski definition) is 1. The van der Waals surface area contributed by atoms with Crippen LogP contribution in [-0.2, 0) is 9.53 Å². The van der Waals surface area contributed by atoms with Gasteiger partial charge < -0.3 is 14.7 Å². The van der Waals surface area contributed by atoms with Gasteiger partial charge in [-0.3, -0.25) is 4.79 Å². The molecule has 1 unspecified atom stereocenters. The third kappa shape index (κ3) is 5.80. The van der Waals surface area contributed by atoms with Crippen molar-refractivity contribution in [2.24, 2.45) is 11.8 Å². The lowest BCUT2D eigenvalue weighted by Gasteiger charge is -2.44. The molecule has 1 heterocycles. The Balaban J connectivity index is 1.78. The zero-order valence-corrected chi connectivity index (χ0v) is 17.2.